The number of fused-ring (bicyclic) bond motifs is 1. The molecule has 1 amide bonds. The first-order valence-electron chi connectivity index (χ1n) is 7.01. The smallest absolute Gasteiger partial charge is 0.217 e. The lowest BCUT2D eigenvalue weighted by Gasteiger charge is -2.28. The second-order valence-electron chi connectivity index (χ2n) is 5.21. The van der Waals surface area contributed by atoms with Crippen LogP contribution in [-0.2, 0) is 4.79 Å². The minimum atomic E-state index is -0.0535. The summed E-state index contributed by atoms with van der Waals surface area (Å²) in [6.07, 6.45) is 2.66. The summed E-state index contributed by atoms with van der Waals surface area (Å²) in [6.45, 7) is 4.17. The highest BCUT2D eigenvalue weighted by Crippen LogP contribution is 2.40. The molecule has 2 unspecified atom stereocenters. The Bertz CT molecular complexity index is 505. The fourth-order valence-corrected chi connectivity index (χ4v) is 2.86. The summed E-state index contributed by atoms with van der Waals surface area (Å²) < 4.78 is 5.64. The van der Waals surface area contributed by atoms with E-state index in [2.05, 4.69) is 12.2 Å². The van der Waals surface area contributed by atoms with Crippen molar-refractivity contribution in [3.8, 4) is 5.75 Å². The Morgan fingerprint density at radius 2 is 2.35 bits per heavy atom. The third kappa shape index (κ3) is 3.25. The number of halogens is 1. The number of ether oxygens (including phenoxy) is 1. The number of benzene rings is 1. The molecule has 1 aromatic carbocycles. The predicted molar refractivity (Wildman–Crippen MR) is 80.0 cm³/mol. The van der Waals surface area contributed by atoms with Crippen LogP contribution in [-0.4, -0.2) is 12.5 Å². The number of nitrogens with two attached hydrogens (primary N) is 1. The average molecular weight is 297 g/mol. The SMILES string of the molecule is CCCC(N)c1cc(Cl)c2c(c1)C(NC(C)=O)CCO2. The number of carbonyl (C=O) groups excluding carboxylic acids is 1. The van der Waals surface area contributed by atoms with E-state index in [-0.39, 0.29) is 18.0 Å². The molecule has 1 aromatic rings. The summed E-state index contributed by atoms with van der Waals surface area (Å²) in [7, 11) is 0. The van der Waals surface area contributed by atoms with Crippen molar-refractivity contribution < 1.29 is 9.53 Å². The van der Waals surface area contributed by atoms with E-state index in [0.717, 1.165) is 30.4 Å². The Labute approximate surface area is 124 Å². The van der Waals surface area contributed by atoms with Crippen molar-refractivity contribution in [1.29, 1.82) is 0 Å². The number of carbonyl (C=O) groups is 1. The van der Waals surface area contributed by atoms with E-state index in [1.54, 1.807) is 0 Å². The van der Waals surface area contributed by atoms with E-state index < -0.39 is 0 Å². The third-order valence-electron chi connectivity index (χ3n) is 3.53. The fourth-order valence-electron chi connectivity index (χ4n) is 2.57. The van der Waals surface area contributed by atoms with Gasteiger partial charge in [-0.25, -0.2) is 0 Å². The molecule has 0 saturated heterocycles. The Morgan fingerprint density at radius 3 is 3.00 bits per heavy atom. The van der Waals surface area contributed by atoms with Crippen molar-refractivity contribution in [3.05, 3.63) is 28.3 Å². The Morgan fingerprint density at radius 1 is 1.60 bits per heavy atom. The highest BCUT2D eigenvalue weighted by Gasteiger charge is 2.25. The lowest BCUT2D eigenvalue weighted by Crippen LogP contribution is -2.30. The largest absolute Gasteiger partial charge is 0.492 e. The second kappa shape index (κ2) is 6.46. The van der Waals surface area contributed by atoms with Crippen LogP contribution in [0.15, 0.2) is 12.1 Å². The zero-order valence-corrected chi connectivity index (χ0v) is 12.7. The lowest BCUT2D eigenvalue weighted by atomic mass is 9.94. The average Bonchev–Trinajstić information content (AvgIpc) is 2.39. The topological polar surface area (TPSA) is 64.3 Å². The zero-order chi connectivity index (χ0) is 14.7. The van der Waals surface area contributed by atoms with E-state index in [9.17, 15) is 4.79 Å². The van der Waals surface area contributed by atoms with E-state index in [4.69, 9.17) is 22.1 Å². The van der Waals surface area contributed by atoms with Crippen LogP contribution in [0.2, 0.25) is 5.02 Å². The summed E-state index contributed by atoms with van der Waals surface area (Å²) in [4.78, 5) is 11.3. The van der Waals surface area contributed by atoms with Crippen LogP contribution in [0.4, 0.5) is 0 Å². The van der Waals surface area contributed by atoms with Gasteiger partial charge in [0.25, 0.3) is 0 Å². The van der Waals surface area contributed by atoms with Gasteiger partial charge in [0.1, 0.15) is 5.75 Å². The summed E-state index contributed by atoms with van der Waals surface area (Å²) in [5, 5.41) is 3.51. The van der Waals surface area contributed by atoms with Crippen LogP contribution >= 0.6 is 11.6 Å². The molecule has 2 rings (SSSR count). The third-order valence-corrected chi connectivity index (χ3v) is 3.81. The van der Waals surface area contributed by atoms with Gasteiger partial charge in [-0.05, 0) is 24.1 Å². The summed E-state index contributed by atoms with van der Waals surface area (Å²) >= 11 is 6.30. The fraction of sp³-hybridized carbons (Fsp3) is 0.533. The first-order valence-corrected chi connectivity index (χ1v) is 7.39. The molecule has 0 aromatic heterocycles. The van der Waals surface area contributed by atoms with Crippen LogP contribution in [0, 0.1) is 0 Å². The molecular formula is C15H21ClN2O2. The van der Waals surface area contributed by atoms with Gasteiger partial charge in [-0.15, -0.1) is 0 Å². The van der Waals surface area contributed by atoms with E-state index in [1.807, 2.05) is 12.1 Å². The Kier molecular flexibility index (Phi) is 4.89. The van der Waals surface area contributed by atoms with Crippen molar-refractivity contribution in [1.82, 2.24) is 5.32 Å². The first-order chi connectivity index (χ1) is 9.52. The maximum atomic E-state index is 11.3. The number of hydrogen-bond donors (Lipinski definition) is 2. The van der Waals surface area contributed by atoms with Crippen molar-refractivity contribution in [3.63, 3.8) is 0 Å². The van der Waals surface area contributed by atoms with Gasteiger partial charge in [0.15, 0.2) is 0 Å². The predicted octanol–water partition coefficient (Wildman–Crippen LogP) is 3.10. The van der Waals surface area contributed by atoms with Crippen LogP contribution in [0.25, 0.3) is 0 Å². The first kappa shape index (κ1) is 15.1. The molecular weight excluding hydrogens is 276 g/mol. The van der Waals surface area contributed by atoms with Gasteiger partial charge in [-0.2, -0.15) is 0 Å². The number of nitrogens with one attached hydrogen (secondary N) is 1. The molecule has 0 radical (unpaired) electrons. The van der Waals surface area contributed by atoms with E-state index >= 15 is 0 Å². The van der Waals surface area contributed by atoms with Crippen LogP contribution in [0.3, 0.4) is 0 Å². The van der Waals surface area contributed by atoms with E-state index in [1.165, 1.54) is 6.92 Å². The van der Waals surface area contributed by atoms with Crippen LogP contribution in [0.5, 0.6) is 5.75 Å². The number of amides is 1. The van der Waals surface area contributed by atoms with Gasteiger partial charge in [0.05, 0.1) is 17.7 Å². The Hall–Kier alpha value is -1.26. The molecule has 0 fully saturated rings. The molecule has 4 nitrogen and oxygen atoms in total. The Balaban J connectivity index is 2.37. The molecule has 0 saturated carbocycles. The van der Waals surface area contributed by atoms with Gasteiger partial charge >= 0.3 is 0 Å². The van der Waals surface area contributed by atoms with Gasteiger partial charge in [0, 0.05) is 24.9 Å². The molecule has 0 bridgehead atoms. The molecule has 1 aliphatic heterocycles. The second-order valence-corrected chi connectivity index (χ2v) is 5.61. The lowest BCUT2D eigenvalue weighted by molar-refractivity contribution is -0.119. The van der Waals surface area contributed by atoms with Gasteiger partial charge in [-0.3, -0.25) is 4.79 Å². The van der Waals surface area contributed by atoms with Crippen molar-refractivity contribution in [2.45, 2.75) is 45.2 Å². The van der Waals surface area contributed by atoms with Crippen molar-refractivity contribution in [2.24, 2.45) is 5.73 Å². The highest BCUT2D eigenvalue weighted by molar-refractivity contribution is 6.32. The monoisotopic (exact) mass is 296 g/mol. The maximum absolute atomic E-state index is 11.3. The number of rotatable bonds is 4. The zero-order valence-electron chi connectivity index (χ0n) is 11.9. The standard InChI is InChI=1S/C15H21ClN2O2/c1-3-4-13(17)10-7-11-14(18-9(2)19)5-6-20-15(11)12(16)8-10/h7-8,13-14H,3-6,17H2,1-2H3,(H,18,19). The van der Waals surface area contributed by atoms with Gasteiger partial charge in [-0.1, -0.05) is 24.9 Å². The van der Waals surface area contributed by atoms with Crippen molar-refractivity contribution in [2.75, 3.05) is 6.61 Å². The highest BCUT2D eigenvalue weighted by atomic mass is 35.5. The summed E-state index contributed by atoms with van der Waals surface area (Å²) in [5.74, 6) is 0.617. The molecule has 0 aliphatic carbocycles. The molecule has 5 heteroatoms. The molecule has 0 spiro atoms. The normalized spacial score (nSPS) is 18.9. The van der Waals surface area contributed by atoms with Gasteiger partial charge < -0.3 is 15.8 Å². The van der Waals surface area contributed by atoms with E-state index in [0.29, 0.717) is 17.4 Å². The molecule has 1 heterocycles. The minimum absolute atomic E-state index is 0.0392. The molecule has 3 N–H and O–H groups in total. The van der Waals surface area contributed by atoms with Crippen molar-refractivity contribution >= 4 is 17.5 Å². The molecule has 20 heavy (non-hydrogen) atoms. The number of hydrogen-bond acceptors (Lipinski definition) is 3. The minimum Gasteiger partial charge on any atom is -0.492 e. The van der Waals surface area contributed by atoms with Crippen LogP contribution < -0.4 is 15.8 Å². The molecule has 1 aliphatic rings. The van der Waals surface area contributed by atoms with Gasteiger partial charge in [0.2, 0.25) is 5.91 Å². The molecule has 110 valence electrons. The maximum Gasteiger partial charge on any atom is 0.217 e. The summed E-state index contributed by atoms with van der Waals surface area (Å²) in [5.41, 5.74) is 8.10. The van der Waals surface area contributed by atoms with Crippen LogP contribution in [0.1, 0.15) is 56.3 Å². The molecule has 2 atom stereocenters. The summed E-state index contributed by atoms with van der Waals surface area (Å²) in [6, 6.07) is 3.79. The quantitative estimate of drug-likeness (QED) is 0.897.